The topological polar surface area (TPSA) is 294 Å². The van der Waals surface area contributed by atoms with Crippen molar-refractivity contribution in [3.63, 3.8) is 0 Å². The molecule has 0 bridgehead atoms. The summed E-state index contributed by atoms with van der Waals surface area (Å²) in [6.07, 6.45) is 18.2. The van der Waals surface area contributed by atoms with Gasteiger partial charge >= 0.3 is 11.9 Å². The molecule has 6 amide bonds. The molecule has 3 unspecified atom stereocenters. The van der Waals surface area contributed by atoms with E-state index in [1.807, 2.05) is 151 Å². The number of benzene rings is 6. The van der Waals surface area contributed by atoms with Crippen LogP contribution in [0.3, 0.4) is 0 Å². The smallest absolute Gasteiger partial charge is 0.326 e. The van der Waals surface area contributed by atoms with Gasteiger partial charge in [-0.2, -0.15) is 40.2 Å². The van der Waals surface area contributed by atoms with E-state index < -0.39 is 27.6 Å². The van der Waals surface area contributed by atoms with Gasteiger partial charge in [-0.1, -0.05) is 170 Å². The number of aliphatic carboxylic acids is 1. The van der Waals surface area contributed by atoms with E-state index in [0.29, 0.717) is 50.4 Å². The predicted molar refractivity (Wildman–Crippen MR) is 576 cm³/mol. The van der Waals surface area contributed by atoms with E-state index >= 15 is 0 Å². The molecule has 0 aliphatic carbocycles. The van der Waals surface area contributed by atoms with Gasteiger partial charge in [0.25, 0.3) is 0 Å². The third-order valence-electron chi connectivity index (χ3n) is 24.7. The van der Waals surface area contributed by atoms with Gasteiger partial charge < -0.3 is 74.2 Å². The Bertz CT molecular complexity index is 4830. The fraction of sp³-hybridized carbons (Fsp3) is 0.531. The zero-order valence-corrected chi connectivity index (χ0v) is 96.1. The largest absolute Gasteiger partial charge is 0.480 e. The number of hydrogen-bond acceptors (Lipinski definition) is 20. The molecule has 6 aromatic rings. The van der Waals surface area contributed by atoms with Gasteiger partial charge in [0.15, 0.2) is 23.5 Å². The number of ether oxygens (including phenoxy) is 7. The third kappa shape index (κ3) is 33.3. The monoisotopic (exact) mass is 2700 g/mol. The number of carbonyl (C=O) groups is 8. The van der Waals surface area contributed by atoms with Crippen molar-refractivity contribution in [2.24, 2.45) is 0 Å². The number of esters is 1. The van der Waals surface area contributed by atoms with Crippen LogP contribution in [0, 0.1) is 0 Å². The van der Waals surface area contributed by atoms with Gasteiger partial charge in [0.1, 0.15) is 13.1 Å². The van der Waals surface area contributed by atoms with Crippen LogP contribution >= 0.6 is 163 Å². The molecule has 12 aliphatic rings. The van der Waals surface area contributed by atoms with E-state index in [4.69, 9.17) is 38.3 Å². The van der Waals surface area contributed by atoms with Crippen LogP contribution in [0.4, 0.5) is 34.1 Å². The number of amides is 6. The van der Waals surface area contributed by atoms with Crippen molar-refractivity contribution < 1.29 is 140 Å². The van der Waals surface area contributed by atoms with Crippen LogP contribution in [-0.4, -0.2) is 203 Å². The Morgan fingerprint density at radius 3 is 1.29 bits per heavy atom. The van der Waals surface area contributed by atoms with Gasteiger partial charge in [0, 0.05) is 157 Å². The van der Waals surface area contributed by atoms with Crippen LogP contribution < -0.4 is 31.1 Å². The SMILES string of the molecule is BrCCOC1CCCCO1.C.C.C.C=C(Br)OOCC.CCOC(=O)CN1C(=O)C2(CCSCC2)c2cc(Br)ccc21.O=C(O)CN1C(=O)C2(CCSCC2)c2cc(Br)ccc21.O=C1Cc2ccccc2N1.O=C1Nc2ccc(Br)cc2C1(CCBr)CCBr.O=C1Nc2ccc(Br)cc2C12CCSCC2.O=C1Nc2ccccc2C1(CCOC1CCCCO1)CCOC1CCCCO1.[B][B].[W].[Y]. The van der Waals surface area contributed by atoms with Crippen LogP contribution in [0.5, 0.6) is 0 Å². The standard InChI is InChI=1S/C22H31NO5.C16H18BrNO3S.C14H14BrNO3S.C12H12Br3NO.C12H12BrNOS.C8H7NO.C7H13BrO2.C4H7BrO2.3CH4.B2.W.Y/c24-21-22(17-7-1-2-8-18(17)23-21,11-15-27-19-9-3-5-13-25-19)12-16-28-20-10-4-6-14-26-20;1-2-21-14(19)10-18-13-4-3-11(17)9-12(13)16(15(18)20)5-7-22-8-6-16;15-9-1-2-11-10(7-9)14(3-5-20-6-4-14)13(19)16(11)8-12(17)18;13-5-3-12(4-6-14)9-7-8(15)1-2-10(9)16-11(12)17;13-8-1-2-10-9(7-8)12(11(15)14-10)3-5-16-6-4-12;10-8-5-6-3-1-2-4-7(6)9-8;8-4-6-10-7-3-1-2-5-9-7;1-3-6-7-4(2)5;;;;1-2;;/h1-2,7-8,19-20H,3-6,9-16H2,(H,23,24);3-4,9H,2,5-8,10H2,1H3;1-2,7H,3-6,8H2,(H,17,18);1-2,7H,3-6H2,(H,16,17);1-2,7H,3-6H2,(H,14,15);1-4H,5H2,(H,9,10);7H,1-6H2;2-3H2,1H3;3*1H4;;;. The summed E-state index contributed by atoms with van der Waals surface area (Å²) in [4.78, 5) is 109. The number of fused-ring (bicyclic) bond motifs is 9. The van der Waals surface area contributed by atoms with Crippen LogP contribution in [0.1, 0.15) is 192 Å². The Labute approximate surface area is 931 Å². The summed E-state index contributed by atoms with van der Waals surface area (Å²) >= 11 is 32.7. The van der Waals surface area contributed by atoms with E-state index in [2.05, 4.69) is 193 Å². The van der Waals surface area contributed by atoms with E-state index in [9.17, 15) is 38.4 Å². The third-order valence-corrected chi connectivity index (χ3v) is 30.8. The zero-order valence-electron chi connectivity index (χ0n) is 75.2. The number of carboxylic acid groups (broad SMARTS) is 1. The average molecular weight is 2710 g/mol. The van der Waals surface area contributed by atoms with Crippen LogP contribution in [0.15, 0.2) is 150 Å². The zero-order chi connectivity index (χ0) is 94.9. The van der Waals surface area contributed by atoms with E-state index in [-0.39, 0.29) is 155 Å². The maximum Gasteiger partial charge on any atom is 0.326 e. The Kier molecular flexibility index (Phi) is 57.3. The summed E-state index contributed by atoms with van der Waals surface area (Å²) in [5.74, 6) is 5.12. The van der Waals surface area contributed by atoms with Gasteiger partial charge in [0.2, 0.25) is 35.4 Å². The number of hydrogen-bond donors (Lipinski definition) is 5. The minimum atomic E-state index is -0.977. The first kappa shape index (κ1) is 125. The Morgan fingerprint density at radius 2 is 0.876 bits per heavy atom. The second-order valence-corrected chi connectivity index (χ2v) is 43.2. The summed E-state index contributed by atoms with van der Waals surface area (Å²) in [6, 6.07) is 39.3. The van der Waals surface area contributed by atoms with Crippen molar-refractivity contribution in [2.45, 2.75) is 210 Å². The number of para-hydroxylation sites is 2. The summed E-state index contributed by atoms with van der Waals surface area (Å²) in [7, 11) is 8.00. The molecule has 137 heavy (non-hydrogen) atoms. The van der Waals surface area contributed by atoms with Crippen molar-refractivity contribution in [1.29, 1.82) is 0 Å². The number of anilines is 6. The first-order chi connectivity index (χ1) is 63.8. The summed E-state index contributed by atoms with van der Waals surface area (Å²) in [5.41, 5.74) is 9.66. The van der Waals surface area contributed by atoms with Crippen molar-refractivity contribution in [3.05, 3.63) is 184 Å². The average Bonchev–Trinajstić information content (AvgIpc) is 1.57. The molecule has 12 aliphatic heterocycles. The van der Waals surface area contributed by atoms with Gasteiger partial charge in [0.05, 0.1) is 66.5 Å². The molecule has 18 rings (SSSR count). The number of halogens is 8. The Balaban J connectivity index is 0.000000282. The van der Waals surface area contributed by atoms with Gasteiger partial charge in [-0.25, -0.2) is 0 Å². The number of alkyl halides is 3. The molecule has 6 fully saturated rings. The molecule has 6 aromatic carbocycles. The molecule has 5 N–H and O–H groups in total. The van der Waals surface area contributed by atoms with Gasteiger partial charge in [-0.3, -0.25) is 38.4 Å². The normalized spacial score (nSPS) is 20.3. The first-order valence-corrected chi connectivity index (χ1v) is 55.3. The Morgan fingerprint density at radius 1 is 0.482 bits per heavy atom. The number of rotatable bonds is 23. The maximum atomic E-state index is 13.1. The van der Waals surface area contributed by atoms with E-state index in [1.165, 1.54) is 23.3 Å². The van der Waals surface area contributed by atoms with Crippen LogP contribution in [-0.2, 0) is 169 Å². The molecule has 39 heteroatoms. The minimum Gasteiger partial charge on any atom is -0.480 e. The molecule has 3 atom stereocenters. The molecule has 0 aromatic heterocycles. The molecule has 5 radical (unpaired) electrons. The quantitative estimate of drug-likeness (QED) is 0.00994. The predicted octanol–water partition coefficient (Wildman–Crippen LogP) is 23.0. The Hall–Kier alpha value is -2.85. The molecule has 24 nitrogen and oxygen atoms in total. The molecular weight excluding hydrogens is 2580 g/mol. The minimum absolute atomic E-state index is 0. The van der Waals surface area contributed by atoms with Crippen LogP contribution in [0.2, 0.25) is 0 Å². The number of thioether (sulfide) groups is 3. The fourth-order valence-corrected chi connectivity index (χ4v) is 24.7. The van der Waals surface area contributed by atoms with Gasteiger partial charge in [-0.05, 0) is 311 Å². The van der Waals surface area contributed by atoms with Gasteiger partial charge in [-0.15, -0.1) is 0 Å². The van der Waals surface area contributed by atoms with Crippen molar-refractivity contribution in [1.82, 2.24) is 0 Å². The molecule has 3 spiro atoms. The van der Waals surface area contributed by atoms with E-state index in [1.54, 1.807) is 11.8 Å². The van der Waals surface area contributed by atoms with Crippen LogP contribution in [0.25, 0.3) is 0 Å². The second kappa shape index (κ2) is 63.0. The molecular formula is C98H126B2Br8N6O18S3WY. The number of carboxylic acids is 1. The first-order valence-electron chi connectivity index (χ1n) is 44.5. The molecule has 745 valence electrons. The van der Waals surface area contributed by atoms with Crippen molar-refractivity contribution in [2.75, 3.05) is 148 Å². The maximum absolute atomic E-state index is 13.1. The molecule has 0 saturated carbocycles. The van der Waals surface area contributed by atoms with Crippen molar-refractivity contribution >= 4 is 260 Å². The summed E-state index contributed by atoms with van der Waals surface area (Å²) < 4.78 is 43.3. The second-order valence-electron chi connectivity index (χ2n) is 32.6. The van der Waals surface area contributed by atoms with Crippen molar-refractivity contribution in [3.8, 4) is 0 Å². The number of carbonyl (C=O) groups excluding carboxylic acids is 7. The molecule has 12 heterocycles. The number of nitrogens with one attached hydrogen (secondary N) is 4. The molecule has 6 saturated heterocycles. The fourth-order valence-electron chi connectivity index (χ4n) is 18.1. The number of nitrogens with zero attached hydrogens (tertiary/aromatic N) is 2. The van der Waals surface area contributed by atoms with E-state index in [0.717, 1.165) is 253 Å². The summed E-state index contributed by atoms with van der Waals surface area (Å²) in [5, 5.41) is 23.4. The summed E-state index contributed by atoms with van der Waals surface area (Å²) in [6.45, 7) is 11.7.